The number of rotatable bonds is 3. The van der Waals surface area contributed by atoms with E-state index in [4.69, 9.17) is 4.74 Å². The summed E-state index contributed by atoms with van der Waals surface area (Å²) < 4.78 is 5.39. The minimum Gasteiger partial charge on any atom is -0.481 e. The molecule has 0 spiro atoms. The Morgan fingerprint density at radius 1 is 1.26 bits per heavy atom. The molecule has 0 aliphatic carbocycles. The van der Waals surface area contributed by atoms with Crippen LogP contribution in [-0.4, -0.2) is 63.8 Å². The van der Waals surface area contributed by atoms with E-state index in [1.807, 2.05) is 20.8 Å². The van der Waals surface area contributed by atoms with Crippen molar-refractivity contribution in [3.8, 4) is 0 Å². The maximum atomic E-state index is 12.2. The lowest BCUT2D eigenvalue weighted by molar-refractivity contribution is -0.149. The lowest BCUT2D eigenvalue weighted by Crippen LogP contribution is -2.74. The van der Waals surface area contributed by atoms with Crippen LogP contribution in [0.25, 0.3) is 0 Å². The summed E-state index contributed by atoms with van der Waals surface area (Å²) in [4.78, 5) is 27.5. The average Bonchev–Trinajstić information content (AvgIpc) is 2.30. The number of aliphatic carboxylic acids is 1. The molecule has 0 radical (unpaired) electrons. The molecule has 2 saturated heterocycles. The lowest BCUT2D eigenvalue weighted by atomic mass is 9.80. The zero-order valence-corrected chi connectivity index (χ0v) is 15.0. The van der Waals surface area contributed by atoms with Crippen molar-refractivity contribution in [1.82, 2.24) is 9.80 Å². The highest BCUT2D eigenvalue weighted by atomic mass is 16.6. The van der Waals surface area contributed by atoms with Gasteiger partial charge in [0.25, 0.3) is 0 Å². The third kappa shape index (κ3) is 4.16. The maximum absolute atomic E-state index is 12.2. The van der Waals surface area contributed by atoms with Crippen molar-refractivity contribution in [1.29, 1.82) is 0 Å². The number of likely N-dealkylation sites (tertiary alicyclic amines) is 2. The van der Waals surface area contributed by atoms with Crippen LogP contribution in [0.3, 0.4) is 0 Å². The highest BCUT2D eigenvalue weighted by Gasteiger charge is 2.53. The van der Waals surface area contributed by atoms with E-state index in [1.54, 1.807) is 4.90 Å². The second kappa shape index (κ2) is 6.30. The largest absolute Gasteiger partial charge is 0.481 e. The predicted molar refractivity (Wildman–Crippen MR) is 87.4 cm³/mol. The molecule has 0 aromatic rings. The number of amides is 1. The molecule has 2 unspecified atom stereocenters. The average molecular weight is 326 g/mol. The van der Waals surface area contributed by atoms with Gasteiger partial charge < -0.3 is 14.7 Å². The molecular weight excluding hydrogens is 296 g/mol. The Labute approximate surface area is 138 Å². The van der Waals surface area contributed by atoms with E-state index >= 15 is 0 Å². The molecule has 1 amide bonds. The molecule has 2 atom stereocenters. The number of carbonyl (C=O) groups excluding carboxylic acids is 1. The van der Waals surface area contributed by atoms with Crippen LogP contribution in [0.1, 0.15) is 53.9 Å². The van der Waals surface area contributed by atoms with Gasteiger partial charge in [-0.1, -0.05) is 6.92 Å². The highest BCUT2D eigenvalue weighted by Crippen LogP contribution is 2.38. The van der Waals surface area contributed by atoms with Crippen LogP contribution in [0.5, 0.6) is 0 Å². The van der Waals surface area contributed by atoms with E-state index in [2.05, 4.69) is 18.7 Å². The van der Waals surface area contributed by atoms with Gasteiger partial charge in [-0.05, 0) is 53.0 Å². The smallest absolute Gasteiger partial charge is 0.410 e. The van der Waals surface area contributed by atoms with Crippen molar-refractivity contribution in [2.24, 2.45) is 5.92 Å². The van der Waals surface area contributed by atoms with Crippen molar-refractivity contribution >= 4 is 12.1 Å². The van der Waals surface area contributed by atoms with E-state index < -0.39 is 17.1 Å². The zero-order valence-electron chi connectivity index (χ0n) is 15.0. The van der Waals surface area contributed by atoms with Gasteiger partial charge in [0.2, 0.25) is 0 Å². The fraction of sp³-hybridized carbons (Fsp3) is 0.882. The van der Waals surface area contributed by atoms with Gasteiger partial charge in [-0.15, -0.1) is 0 Å². The molecule has 132 valence electrons. The van der Waals surface area contributed by atoms with Gasteiger partial charge in [-0.3, -0.25) is 9.69 Å². The Kier molecular flexibility index (Phi) is 4.95. The van der Waals surface area contributed by atoms with Gasteiger partial charge in [0.05, 0.1) is 12.0 Å². The van der Waals surface area contributed by atoms with Gasteiger partial charge in [0.1, 0.15) is 5.60 Å². The molecule has 0 bridgehead atoms. The van der Waals surface area contributed by atoms with Crippen LogP contribution in [0, 0.1) is 5.92 Å². The zero-order chi connectivity index (χ0) is 17.4. The Balaban J connectivity index is 2.06. The number of nitrogens with zero attached hydrogens (tertiary/aromatic N) is 2. The van der Waals surface area contributed by atoms with Gasteiger partial charge >= 0.3 is 12.1 Å². The standard InChI is InChI=1S/C17H30N2O4/c1-12-6-7-19(13(2)8-12)17(9-14(20)21)10-18(11-17)15(22)23-16(3,4)5/h12-13H,6-11H2,1-5H3,(H,20,21). The predicted octanol–water partition coefficient (Wildman–Crippen LogP) is 2.57. The minimum atomic E-state index is -0.806. The number of carboxylic acids is 1. The first kappa shape index (κ1) is 18.0. The van der Waals surface area contributed by atoms with Gasteiger partial charge in [-0.25, -0.2) is 4.79 Å². The summed E-state index contributed by atoms with van der Waals surface area (Å²) in [6.45, 7) is 11.7. The van der Waals surface area contributed by atoms with Crippen molar-refractivity contribution in [3.63, 3.8) is 0 Å². The molecule has 2 heterocycles. The summed E-state index contributed by atoms with van der Waals surface area (Å²) >= 11 is 0. The van der Waals surface area contributed by atoms with Crippen LogP contribution in [0.15, 0.2) is 0 Å². The molecule has 0 aromatic carbocycles. The first-order valence-corrected chi connectivity index (χ1v) is 8.49. The maximum Gasteiger partial charge on any atom is 0.410 e. The van der Waals surface area contributed by atoms with Gasteiger partial charge in [-0.2, -0.15) is 0 Å². The summed E-state index contributed by atoms with van der Waals surface area (Å²) in [5.41, 5.74) is -0.974. The fourth-order valence-electron chi connectivity index (χ4n) is 3.91. The Hall–Kier alpha value is -1.30. The molecule has 2 aliphatic rings. The summed E-state index contributed by atoms with van der Waals surface area (Å²) in [5, 5.41) is 9.33. The molecular formula is C17H30N2O4. The van der Waals surface area contributed by atoms with E-state index in [0.29, 0.717) is 25.0 Å². The summed E-state index contributed by atoms with van der Waals surface area (Å²) in [6, 6.07) is 0.346. The van der Waals surface area contributed by atoms with E-state index in [9.17, 15) is 14.7 Å². The molecule has 2 fully saturated rings. The summed E-state index contributed by atoms with van der Waals surface area (Å²) in [6.07, 6.45) is 1.88. The monoisotopic (exact) mass is 326 g/mol. The number of carboxylic acid groups (broad SMARTS) is 1. The van der Waals surface area contributed by atoms with Gasteiger partial charge in [0.15, 0.2) is 0 Å². The topological polar surface area (TPSA) is 70.1 Å². The molecule has 0 aromatic heterocycles. The number of carbonyl (C=O) groups is 2. The molecule has 0 saturated carbocycles. The van der Waals surface area contributed by atoms with Crippen LogP contribution >= 0.6 is 0 Å². The second-order valence-corrected chi connectivity index (χ2v) is 8.30. The van der Waals surface area contributed by atoms with Crippen molar-refractivity contribution in [3.05, 3.63) is 0 Å². The van der Waals surface area contributed by atoms with Crippen LogP contribution < -0.4 is 0 Å². The van der Waals surface area contributed by atoms with Crippen molar-refractivity contribution in [2.45, 2.75) is 71.1 Å². The number of hydrogen-bond donors (Lipinski definition) is 1. The first-order valence-electron chi connectivity index (χ1n) is 8.49. The van der Waals surface area contributed by atoms with Crippen molar-refractivity contribution in [2.75, 3.05) is 19.6 Å². The molecule has 2 rings (SSSR count). The number of ether oxygens (including phenoxy) is 1. The van der Waals surface area contributed by atoms with Crippen LogP contribution in [0.4, 0.5) is 4.79 Å². The van der Waals surface area contributed by atoms with Crippen LogP contribution in [-0.2, 0) is 9.53 Å². The summed E-state index contributed by atoms with van der Waals surface area (Å²) in [7, 11) is 0. The Morgan fingerprint density at radius 3 is 2.35 bits per heavy atom. The number of hydrogen-bond acceptors (Lipinski definition) is 4. The number of piperidine rings is 1. The second-order valence-electron chi connectivity index (χ2n) is 8.30. The van der Waals surface area contributed by atoms with E-state index in [-0.39, 0.29) is 12.5 Å². The SMILES string of the molecule is CC1CCN(C2(CC(=O)O)CN(C(=O)OC(C)(C)C)C2)C(C)C1. The molecule has 6 heteroatoms. The van der Waals surface area contributed by atoms with Crippen LogP contribution in [0.2, 0.25) is 0 Å². The molecule has 1 N–H and O–H groups in total. The normalized spacial score (nSPS) is 28.1. The van der Waals surface area contributed by atoms with Crippen molar-refractivity contribution < 1.29 is 19.4 Å². The minimum absolute atomic E-state index is 0.0744. The molecule has 23 heavy (non-hydrogen) atoms. The third-order valence-corrected chi connectivity index (χ3v) is 4.85. The Bertz CT molecular complexity index is 466. The van der Waals surface area contributed by atoms with E-state index in [0.717, 1.165) is 19.4 Å². The van der Waals surface area contributed by atoms with Gasteiger partial charge in [0, 0.05) is 19.1 Å². The Morgan fingerprint density at radius 2 is 1.87 bits per heavy atom. The fourth-order valence-corrected chi connectivity index (χ4v) is 3.91. The summed E-state index contributed by atoms with van der Waals surface area (Å²) in [5.74, 6) is -0.134. The highest BCUT2D eigenvalue weighted by molar-refractivity contribution is 5.73. The lowest BCUT2D eigenvalue weighted by Gasteiger charge is -2.58. The quantitative estimate of drug-likeness (QED) is 0.863. The van der Waals surface area contributed by atoms with E-state index in [1.165, 1.54) is 0 Å². The first-order chi connectivity index (χ1) is 10.5. The third-order valence-electron chi connectivity index (χ3n) is 4.85. The molecule has 2 aliphatic heterocycles. The molecule has 6 nitrogen and oxygen atoms in total.